The normalized spacial score (nSPS) is 10.2. The number of nitrogens with zero attached hydrogens (tertiary/aromatic N) is 1. The highest BCUT2D eigenvalue weighted by Gasteiger charge is 2.04. The Morgan fingerprint density at radius 2 is 2.05 bits per heavy atom. The topological polar surface area (TPSA) is 45.0 Å². The van der Waals surface area contributed by atoms with Crippen LogP contribution in [0, 0.1) is 24.1 Å². The van der Waals surface area contributed by atoms with E-state index in [0.29, 0.717) is 24.5 Å². The molecule has 2 aromatic carbocycles. The SMILES string of the molecule is CNCc1cc(F)cc(OCc2ccc(C#N)cc2C)c1. The molecule has 0 fully saturated rings. The van der Waals surface area contributed by atoms with Gasteiger partial charge in [-0.1, -0.05) is 6.07 Å². The number of hydrogen-bond acceptors (Lipinski definition) is 3. The zero-order valence-electron chi connectivity index (χ0n) is 12.1. The Balaban J connectivity index is 2.11. The molecule has 21 heavy (non-hydrogen) atoms. The van der Waals surface area contributed by atoms with Crippen molar-refractivity contribution >= 4 is 0 Å². The maximum absolute atomic E-state index is 13.5. The molecule has 3 nitrogen and oxygen atoms in total. The van der Waals surface area contributed by atoms with Crippen LogP contribution in [0.15, 0.2) is 36.4 Å². The molecule has 0 radical (unpaired) electrons. The van der Waals surface area contributed by atoms with Crippen LogP contribution < -0.4 is 10.1 Å². The van der Waals surface area contributed by atoms with Crippen LogP contribution >= 0.6 is 0 Å². The monoisotopic (exact) mass is 284 g/mol. The molecular formula is C17H17FN2O. The molecule has 108 valence electrons. The van der Waals surface area contributed by atoms with Crippen LogP contribution in [0.5, 0.6) is 5.75 Å². The molecule has 2 aromatic rings. The van der Waals surface area contributed by atoms with E-state index in [2.05, 4.69) is 11.4 Å². The van der Waals surface area contributed by atoms with E-state index in [1.54, 1.807) is 6.07 Å². The van der Waals surface area contributed by atoms with Crippen LogP contribution in [0.4, 0.5) is 4.39 Å². The van der Waals surface area contributed by atoms with Crippen LogP contribution in [0.25, 0.3) is 0 Å². The number of nitriles is 1. The third kappa shape index (κ3) is 4.04. The minimum absolute atomic E-state index is 0.311. The minimum atomic E-state index is -0.311. The third-order valence-electron chi connectivity index (χ3n) is 3.18. The van der Waals surface area contributed by atoms with Gasteiger partial charge in [0.1, 0.15) is 18.2 Å². The van der Waals surface area contributed by atoms with E-state index >= 15 is 0 Å². The molecule has 0 saturated heterocycles. The lowest BCUT2D eigenvalue weighted by Crippen LogP contribution is -2.06. The summed E-state index contributed by atoms with van der Waals surface area (Å²) in [7, 11) is 1.81. The fourth-order valence-corrected chi connectivity index (χ4v) is 2.10. The van der Waals surface area contributed by atoms with Crippen LogP contribution in [0.2, 0.25) is 0 Å². The predicted octanol–water partition coefficient (Wildman–Crippen LogP) is 3.30. The van der Waals surface area contributed by atoms with Crippen molar-refractivity contribution in [1.29, 1.82) is 5.26 Å². The minimum Gasteiger partial charge on any atom is -0.489 e. The van der Waals surface area contributed by atoms with Gasteiger partial charge >= 0.3 is 0 Å². The maximum Gasteiger partial charge on any atom is 0.127 e. The zero-order chi connectivity index (χ0) is 15.2. The highest BCUT2D eigenvalue weighted by atomic mass is 19.1. The van der Waals surface area contributed by atoms with Crippen molar-refractivity contribution in [3.8, 4) is 11.8 Å². The molecule has 0 saturated carbocycles. The number of halogens is 1. The average Bonchev–Trinajstić information content (AvgIpc) is 2.45. The van der Waals surface area contributed by atoms with Gasteiger partial charge in [0.2, 0.25) is 0 Å². The van der Waals surface area contributed by atoms with E-state index in [4.69, 9.17) is 10.00 Å². The molecule has 1 N–H and O–H groups in total. The standard InChI is InChI=1S/C17H17FN2O/c1-12-5-13(9-19)3-4-15(12)11-21-17-7-14(10-20-2)6-16(18)8-17/h3-8,20H,10-11H2,1-2H3. The molecule has 0 bridgehead atoms. The van der Waals surface area contributed by atoms with E-state index in [1.807, 2.05) is 32.2 Å². The predicted molar refractivity (Wildman–Crippen MR) is 79.4 cm³/mol. The van der Waals surface area contributed by atoms with Crippen LogP contribution in [-0.4, -0.2) is 7.05 Å². The van der Waals surface area contributed by atoms with E-state index in [9.17, 15) is 4.39 Å². The van der Waals surface area contributed by atoms with Crippen molar-refractivity contribution in [3.63, 3.8) is 0 Å². The van der Waals surface area contributed by atoms with E-state index < -0.39 is 0 Å². The van der Waals surface area contributed by atoms with Crippen molar-refractivity contribution in [3.05, 3.63) is 64.5 Å². The van der Waals surface area contributed by atoms with Crippen LogP contribution in [-0.2, 0) is 13.2 Å². The Labute approximate surface area is 124 Å². The van der Waals surface area contributed by atoms with Crippen molar-refractivity contribution in [1.82, 2.24) is 5.32 Å². The first-order chi connectivity index (χ1) is 10.1. The van der Waals surface area contributed by atoms with Crippen molar-refractivity contribution in [2.45, 2.75) is 20.1 Å². The Kier molecular flexibility index (Phi) is 4.91. The number of nitrogens with one attached hydrogen (secondary N) is 1. The van der Waals surface area contributed by atoms with Gasteiger partial charge in [-0.15, -0.1) is 0 Å². The summed E-state index contributed by atoms with van der Waals surface area (Å²) in [4.78, 5) is 0. The molecule has 0 atom stereocenters. The molecular weight excluding hydrogens is 267 g/mol. The molecule has 0 spiro atoms. The summed E-state index contributed by atoms with van der Waals surface area (Å²) in [5.41, 5.74) is 3.43. The Hall–Kier alpha value is -2.38. The van der Waals surface area contributed by atoms with Gasteiger partial charge < -0.3 is 10.1 Å². The van der Waals surface area contributed by atoms with Gasteiger partial charge in [0, 0.05) is 12.6 Å². The van der Waals surface area contributed by atoms with Crippen molar-refractivity contribution in [2.24, 2.45) is 0 Å². The second-order valence-electron chi connectivity index (χ2n) is 4.87. The fourth-order valence-electron chi connectivity index (χ4n) is 2.10. The number of benzene rings is 2. The summed E-state index contributed by atoms with van der Waals surface area (Å²) in [6.45, 7) is 2.86. The van der Waals surface area contributed by atoms with Crippen molar-refractivity contribution in [2.75, 3.05) is 7.05 Å². The average molecular weight is 284 g/mol. The molecule has 0 aliphatic heterocycles. The highest BCUT2D eigenvalue weighted by molar-refractivity contribution is 5.37. The first-order valence-electron chi connectivity index (χ1n) is 6.69. The van der Waals surface area contributed by atoms with Gasteiger partial charge in [-0.05, 0) is 54.9 Å². The number of ether oxygens (including phenoxy) is 1. The number of rotatable bonds is 5. The van der Waals surface area contributed by atoms with E-state index in [-0.39, 0.29) is 5.82 Å². The fraction of sp³-hybridized carbons (Fsp3) is 0.235. The van der Waals surface area contributed by atoms with Crippen LogP contribution in [0.3, 0.4) is 0 Å². The lowest BCUT2D eigenvalue weighted by molar-refractivity contribution is 0.303. The summed E-state index contributed by atoms with van der Waals surface area (Å²) < 4.78 is 19.2. The van der Waals surface area contributed by atoms with Crippen LogP contribution in [0.1, 0.15) is 22.3 Å². The van der Waals surface area contributed by atoms with Gasteiger partial charge in [-0.3, -0.25) is 0 Å². The second kappa shape index (κ2) is 6.87. The Bertz CT molecular complexity index is 677. The van der Waals surface area contributed by atoms with Gasteiger partial charge in [0.25, 0.3) is 0 Å². The van der Waals surface area contributed by atoms with Gasteiger partial charge in [-0.2, -0.15) is 5.26 Å². The summed E-state index contributed by atoms with van der Waals surface area (Å²) in [6, 6.07) is 12.2. The zero-order valence-corrected chi connectivity index (χ0v) is 12.1. The first-order valence-corrected chi connectivity index (χ1v) is 6.69. The lowest BCUT2D eigenvalue weighted by Gasteiger charge is -2.10. The maximum atomic E-state index is 13.5. The number of aryl methyl sites for hydroxylation is 1. The highest BCUT2D eigenvalue weighted by Crippen LogP contribution is 2.19. The third-order valence-corrected chi connectivity index (χ3v) is 3.18. The van der Waals surface area contributed by atoms with Crippen molar-refractivity contribution < 1.29 is 9.13 Å². The molecule has 0 aliphatic rings. The molecule has 4 heteroatoms. The molecule has 0 amide bonds. The Morgan fingerprint density at radius 1 is 1.24 bits per heavy atom. The summed E-state index contributed by atoms with van der Waals surface area (Å²) in [6.07, 6.45) is 0. The quantitative estimate of drug-likeness (QED) is 0.916. The van der Waals surface area contributed by atoms with Gasteiger partial charge in [0.05, 0.1) is 11.6 Å². The van der Waals surface area contributed by atoms with E-state index in [1.165, 1.54) is 12.1 Å². The smallest absolute Gasteiger partial charge is 0.127 e. The second-order valence-corrected chi connectivity index (χ2v) is 4.87. The lowest BCUT2D eigenvalue weighted by atomic mass is 10.1. The van der Waals surface area contributed by atoms with Gasteiger partial charge in [-0.25, -0.2) is 4.39 Å². The molecule has 0 heterocycles. The molecule has 0 aromatic heterocycles. The van der Waals surface area contributed by atoms with E-state index in [0.717, 1.165) is 16.7 Å². The summed E-state index contributed by atoms with van der Waals surface area (Å²) >= 11 is 0. The largest absolute Gasteiger partial charge is 0.489 e. The summed E-state index contributed by atoms with van der Waals surface area (Å²) in [5.74, 6) is 0.193. The molecule has 2 rings (SSSR count). The molecule has 0 aliphatic carbocycles. The summed E-state index contributed by atoms with van der Waals surface area (Å²) in [5, 5.41) is 11.8. The number of hydrogen-bond donors (Lipinski definition) is 1. The first kappa shape index (κ1) is 15.0. The molecule has 0 unspecified atom stereocenters. The Morgan fingerprint density at radius 3 is 2.71 bits per heavy atom. The van der Waals surface area contributed by atoms with Gasteiger partial charge in [0.15, 0.2) is 0 Å².